The summed E-state index contributed by atoms with van der Waals surface area (Å²) < 4.78 is 41.7. The molecule has 1 aromatic rings. The average molecular weight is 461 g/mol. The number of nitrogens with one attached hydrogen (secondary N) is 1. The van der Waals surface area contributed by atoms with Crippen molar-refractivity contribution >= 4 is 29.5 Å². The van der Waals surface area contributed by atoms with Crippen LogP contribution in [0.25, 0.3) is 0 Å². The minimum absolute atomic E-state index is 0.0417. The van der Waals surface area contributed by atoms with Gasteiger partial charge in [-0.15, -0.1) is 11.8 Å². The molecule has 2 rings (SSSR count). The number of alkyl halides is 3. The van der Waals surface area contributed by atoms with Crippen LogP contribution in [-0.4, -0.2) is 60.4 Å². The molecule has 0 aromatic heterocycles. The van der Waals surface area contributed by atoms with Crippen molar-refractivity contribution in [3.05, 3.63) is 29.8 Å². The first-order valence-corrected chi connectivity index (χ1v) is 11.1. The molecule has 31 heavy (non-hydrogen) atoms. The largest absolute Gasteiger partial charge is 0.449 e. The molecule has 1 aliphatic rings. The van der Waals surface area contributed by atoms with Gasteiger partial charge in [0, 0.05) is 18.0 Å². The van der Waals surface area contributed by atoms with Crippen LogP contribution >= 0.6 is 11.8 Å². The lowest BCUT2D eigenvalue weighted by molar-refractivity contribution is -0.143. The Hall–Kier alpha value is -2.23. The van der Waals surface area contributed by atoms with Crippen LogP contribution in [-0.2, 0) is 14.3 Å². The van der Waals surface area contributed by atoms with Crippen molar-refractivity contribution in [3.8, 4) is 0 Å². The van der Waals surface area contributed by atoms with Gasteiger partial charge in [0.05, 0.1) is 11.3 Å². The number of benzene rings is 1. The average Bonchev–Trinajstić information content (AvgIpc) is 2.75. The molecular formula is C21H27F3N2O4S. The normalized spacial score (nSPS) is 15.8. The van der Waals surface area contributed by atoms with Gasteiger partial charge in [0.1, 0.15) is 6.54 Å². The molecule has 172 valence electrons. The first-order chi connectivity index (χ1) is 14.6. The number of amides is 2. The van der Waals surface area contributed by atoms with E-state index in [1.165, 1.54) is 31.2 Å². The number of carbonyl (C=O) groups is 3. The zero-order valence-corrected chi connectivity index (χ0v) is 18.4. The van der Waals surface area contributed by atoms with Crippen molar-refractivity contribution in [2.75, 3.05) is 19.3 Å². The number of hydrogen-bond acceptors (Lipinski definition) is 5. The number of halogens is 3. The molecule has 1 atom stereocenters. The predicted octanol–water partition coefficient (Wildman–Crippen LogP) is 3.79. The maximum absolute atomic E-state index is 12.6. The van der Waals surface area contributed by atoms with E-state index in [1.54, 1.807) is 35.5 Å². The second-order valence-corrected chi connectivity index (χ2v) is 8.48. The number of rotatable bonds is 8. The van der Waals surface area contributed by atoms with Crippen molar-refractivity contribution in [2.24, 2.45) is 0 Å². The molecule has 0 saturated heterocycles. The highest BCUT2D eigenvalue weighted by Crippen LogP contribution is 2.26. The summed E-state index contributed by atoms with van der Waals surface area (Å²) in [4.78, 5) is 39.0. The van der Waals surface area contributed by atoms with Gasteiger partial charge in [-0.1, -0.05) is 31.4 Å². The molecule has 1 aliphatic carbocycles. The maximum atomic E-state index is 12.6. The van der Waals surface area contributed by atoms with E-state index in [0.29, 0.717) is 4.90 Å². The Labute approximate surface area is 183 Å². The molecule has 10 heteroatoms. The third-order valence-corrected chi connectivity index (χ3v) is 6.15. The molecule has 0 radical (unpaired) electrons. The predicted molar refractivity (Wildman–Crippen MR) is 111 cm³/mol. The molecule has 0 spiro atoms. The zero-order chi connectivity index (χ0) is 23.0. The third-order valence-electron chi connectivity index (χ3n) is 5.09. The summed E-state index contributed by atoms with van der Waals surface area (Å²) in [6.07, 6.45) is -0.562. The van der Waals surface area contributed by atoms with E-state index >= 15 is 0 Å². The first-order valence-electron chi connectivity index (χ1n) is 10.1. The van der Waals surface area contributed by atoms with Crippen molar-refractivity contribution in [3.63, 3.8) is 0 Å². The van der Waals surface area contributed by atoms with Crippen LogP contribution < -0.4 is 5.32 Å². The summed E-state index contributed by atoms with van der Waals surface area (Å²) in [6.45, 7) is -0.307. The highest BCUT2D eigenvalue weighted by atomic mass is 32.2. The number of ether oxygens (including phenoxy) is 1. The lowest BCUT2D eigenvalue weighted by Gasteiger charge is -2.31. The fourth-order valence-electron chi connectivity index (χ4n) is 3.28. The van der Waals surface area contributed by atoms with Crippen LogP contribution in [0.3, 0.4) is 0 Å². The summed E-state index contributed by atoms with van der Waals surface area (Å²) >= 11 is 1.18. The topological polar surface area (TPSA) is 75.7 Å². The van der Waals surface area contributed by atoms with Crippen LogP contribution in [0.15, 0.2) is 29.2 Å². The molecule has 1 unspecified atom stereocenters. The molecule has 1 N–H and O–H groups in total. The van der Waals surface area contributed by atoms with E-state index in [-0.39, 0.29) is 23.3 Å². The molecule has 2 amide bonds. The van der Waals surface area contributed by atoms with Gasteiger partial charge in [-0.05, 0) is 31.9 Å². The second-order valence-electron chi connectivity index (χ2n) is 7.46. The van der Waals surface area contributed by atoms with E-state index in [0.717, 1.165) is 25.7 Å². The van der Waals surface area contributed by atoms with Gasteiger partial charge < -0.3 is 15.0 Å². The van der Waals surface area contributed by atoms with Gasteiger partial charge in [0.25, 0.3) is 5.91 Å². The lowest BCUT2D eigenvalue weighted by atomic mass is 9.94. The van der Waals surface area contributed by atoms with Crippen molar-refractivity contribution in [2.45, 2.75) is 62.2 Å². The Balaban J connectivity index is 1.93. The Morgan fingerprint density at radius 3 is 2.48 bits per heavy atom. The van der Waals surface area contributed by atoms with E-state index in [2.05, 4.69) is 0 Å². The highest BCUT2D eigenvalue weighted by Gasteiger charge is 2.30. The van der Waals surface area contributed by atoms with Gasteiger partial charge in [0.15, 0.2) is 6.10 Å². The zero-order valence-electron chi connectivity index (χ0n) is 17.5. The van der Waals surface area contributed by atoms with Crippen LogP contribution in [0.4, 0.5) is 13.2 Å². The van der Waals surface area contributed by atoms with Crippen LogP contribution in [0.1, 0.15) is 49.4 Å². The number of carbonyl (C=O) groups excluding carboxylic acids is 3. The van der Waals surface area contributed by atoms with Gasteiger partial charge >= 0.3 is 12.1 Å². The van der Waals surface area contributed by atoms with E-state index in [9.17, 15) is 27.6 Å². The molecular weight excluding hydrogens is 433 g/mol. The van der Waals surface area contributed by atoms with E-state index < -0.39 is 30.7 Å². The fourth-order valence-corrected chi connectivity index (χ4v) is 4.25. The molecule has 0 aliphatic heterocycles. The Bertz CT molecular complexity index is 782. The standard InChI is InChI=1S/C21H27F3N2O4S/c1-14(19(28)25-13-21(22,23)24)30-20(29)16-10-6-7-11-17(16)31-12-18(27)26(2)15-8-4-3-5-9-15/h6-7,10-11,14-15H,3-5,8-9,12-13H2,1-2H3,(H,25,28). The molecule has 0 heterocycles. The summed E-state index contributed by atoms with van der Waals surface area (Å²) in [5, 5.41) is 1.68. The Kier molecular flexibility index (Phi) is 9.21. The second kappa shape index (κ2) is 11.4. The van der Waals surface area contributed by atoms with E-state index in [4.69, 9.17) is 4.74 Å². The SMILES string of the molecule is CC(OC(=O)c1ccccc1SCC(=O)N(C)C1CCCCC1)C(=O)NCC(F)(F)F. The highest BCUT2D eigenvalue weighted by molar-refractivity contribution is 8.00. The van der Waals surface area contributed by atoms with Crippen molar-refractivity contribution in [1.29, 1.82) is 0 Å². The van der Waals surface area contributed by atoms with Gasteiger partial charge in [-0.3, -0.25) is 9.59 Å². The minimum Gasteiger partial charge on any atom is -0.449 e. The molecule has 0 bridgehead atoms. The number of thioether (sulfide) groups is 1. The number of hydrogen-bond donors (Lipinski definition) is 1. The van der Waals surface area contributed by atoms with E-state index in [1.807, 2.05) is 0 Å². The van der Waals surface area contributed by atoms with Crippen molar-refractivity contribution < 1.29 is 32.3 Å². The summed E-state index contributed by atoms with van der Waals surface area (Å²) in [7, 11) is 1.79. The summed E-state index contributed by atoms with van der Waals surface area (Å²) in [6, 6.07) is 6.68. The summed E-state index contributed by atoms with van der Waals surface area (Å²) in [5.74, 6) is -1.79. The Morgan fingerprint density at radius 2 is 1.84 bits per heavy atom. The smallest absolute Gasteiger partial charge is 0.405 e. The lowest BCUT2D eigenvalue weighted by Crippen LogP contribution is -2.40. The van der Waals surface area contributed by atoms with Crippen molar-refractivity contribution in [1.82, 2.24) is 10.2 Å². The fraction of sp³-hybridized carbons (Fsp3) is 0.571. The molecule has 1 fully saturated rings. The van der Waals surface area contributed by atoms with Gasteiger partial charge in [-0.25, -0.2) is 4.79 Å². The van der Waals surface area contributed by atoms with Gasteiger partial charge in [-0.2, -0.15) is 13.2 Å². The van der Waals surface area contributed by atoms with Crippen LogP contribution in [0.2, 0.25) is 0 Å². The summed E-state index contributed by atoms with van der Waals surface area (Å²) in [5.41, 5.74) is 0.149. The monoisotopic (exact) mass is 460 g/mol. The molecule has 1 aromatic carbocycles. The Morgan fingerprint density at radius 1 is 1.19 bits per heavy atom. The number of esters is 1. The number of nitrogens with zero attached hydrogens (tertiary/aromatic N) is 1. The van der Waals surface area contributed by atoms with Crippen LogP contribution in [0, 0.1) is 0 Å². The van der Waals surface area contributed by atoms with Crippen LogP contribution in [0.5, 0.6) is 0 Å². The quantitative estimate of drug-likeness (QED) is 0.472. The molecule has 1 saturated carbocycles. The third kappa shape index (κ3) is 8.08. The first kappa shape index (κ1) is 25.0. The molecule has 6 nitrogen and oxygen atoms in total. The minimum atomic E-state index is -4.56. The van der Waals surface area contributed by atoms with Gasteiger partial charge in [0.2, 0.25) is 5.91 Å². The maximum Gasteiger partial charge on any atom is 0.405 e.